The van der Waals surface area contributed by atoms with Gasteiger partial charge in [-0.2, -0.15) is 0 Å². The van der Waals surface area contributed by atoms with Crippen LogP contribution in [0.15, 0.2) is 47.4 Å². The lowest BCUT2D eigenvalue weighted by molar-refractivity contribution is -0.121. The van der Waals surface area contributed by atoms with Gasteiger partial charge >= 0.3 is 0 Å². The van der Waals surface area contributed by atoms with Gasteiger partial charge in [0.2, 0.25) is 0 Å². The van der Waals surface area contributed by atoms with Crippen molar-refractivity contribution in [2.75, 3.05) is 12.4 Å². The Balaban J connectivity index is 1.73. The highest BCUT2D eigenvalue weighted by atomic mass is 35.5. The van der Waals surface area contributed by atoms with Gasteiger partial charge in [0.25, 0.3) is 11.8 Å². The lowest BCUT2D eigenvalue weighted by atomic mass is 10.1. The minimum atomic E-state index is -0.550. The van der Waals surface area contributed by atoms with Crippen molar-refractivity contribution in [1.29, 1.82) is 0 Å². The van der Waals surface area contributed by atoms with E-state index in [2.05, 4.69) is 5.32 Å². The summed E-state index contributed by atoms with van der Waals surface area (Å²) < 4.78 is 13.7. The molecule has 1 aliphatic rings. The maximum Gasteiger partial charge on any atom is 0.265 e. The number of anilines is 1. The molecule has 1 saturated heterocycles. The van der Waals surface area contributed by atoms with E-state index in [1.165, 1.54) is 34.9 Å². The van der Waals surface area contributed by atoms with E-state index in [-0.39, 0.29) is 16.8 Å². The van der Waals surface area contributed by atoms with Crippen molar-refractivity contribution in [3.63, 3.8) is 0 Å². The van der Waals surface area contributed by atoms with Crippen LogP contribution in [0.1, 0.15) is 15.9 Å². The zero-order valence-corrected chi connectivity index (χ0v) is 15.8. The summed E-state index contributed by atoms with van der Waals surface area (Å²) in [5.41, 5.74) is 1.60. The largest absolute Gasteiger partial charge is 0.322 e. The van der Waals surface area contributed by atoms with Gasteiger partial charge in [0.15, 0.2) is 0 Å². The summed E-state index contributed by atoms with van der Waals surface area (Å²) in [6.45, 7) is 0. The van der Waals surface area contributed by atoms with E-state index in [0.29, 0.717) is 20.5 Å². The molecule has 0 atom stereocenters. The van der Waals surface area contributed by atoms with Crippen LogP contribution >= 0.6 is 35.6 Å². The quantitative estimate of drug-likeness (QED) is 0.599. The second-order valence-electron chi connectivity index (χ2n) is 5.45. The molecular formula is C18H12ClFN2O2S2. The predicted molar refractivity (Wildman–Crippen MR) is 107 cm³/mol. The Kier molecular flexibility index (Phi) is 5.41. The fourth-order valence-corrected chi connectivity index (χ4v) is 3.56. The number of hydrogen-bond donors (Lipinski definition) is 1. The Labute approximate surface area is 164 Å². The minimum absolute atomic E-state index is 0.0635. The molecule has 0 aliphatic carbocycles. The van der Waals surface area contributed by atoms with E-state index in [1.807, 2.05) is 0 Å². The van der Waals surface area contributed by atoms with E-state index in [0.717, 1.165) is 5.56 Å². The Morgan fingerprint density at radius 3 is 2.54 bits per heavy atom. The van der Waals surface area contributed by atoms with Gasteiger partial charge in [-0.3, -0.25) is 14.5 Å². The standard InChI is InChI=1S/C18H12ClFN2O2S2/c1-22-17(24)15(26-18(22)25)8-10-2-4-11(5-3-10)16(23)21-12-6-7-14(20)13(19)9-12/h2-9H,1H3,(H,21,23)/b15-8+. The number of amides is 2. The number of benzene rings is 2. The molecule has 0 saturated carbocycles. The molecule has 3 rings (SSSR count). The van der Waals surface area contributed by atoms with Crippen LogP contribution in [0.5, 0.6) is 0 Å². The van der Waals surface area contributed by atoms with Crippen molar-refractivity contribution in [2.45, 2.75) is 0 Å². The van der Waals surface area contributed by atoms with Crippen LogP contribution in [0.2, 0.25) is 5.02 Å². The fourth-order valence-electron chi connectivity index (χ4n) is 2.20. The van der Waals surface area contributed by atoms with Gasteiger partial charge in [-0.1, -0.05) is 47.7 Å². The minimum Gasteiger partial charge on any atom is -0.322 e. The maximum atomic E-state index is 13.2. The monoisotopic (exact) mass is 406 g/mol. The topological polar surface area (TPSA) is 49.4 Å². The molecule has 132 valence electrons. The average molecular weight is 407 g/mol. The summed E-state index contributed by atoms with van der Waals surface area (Å²) >= 11 is 12.0. The average Bonchev–Trinajstić information content (AvgIpc) is 2.85. The first kappa shape index (κ1) is 18.6. The molecule has 0 bridgehead atoms. The van der Waals surface area contributed by atoms with E-state index in [9.17, 15) is 14.0 Å². The normalized spacial score (nSPS) is 15.7. The molecule has 2 amide bonds. The van der Waals surface area contributed by atoms with Crippen LogP contribution < -0.4 is 5.32 Å². The third-order valence-corrected chi connectivity index (χ3v) is 5.41. The van der Waals surface area contributed by atoms with E-state index < -0.39 is 5.82 Å². The molecule has 2 aromatic rings. The molecule has 1 fully saturated rings. The number of hydrogen-bond acceptors (Lipinski definition) is 4. The molecule has 0 unspecified atom stereocenters. The van der Waals surface area contributed by atoms with Gasteiger partial charge in [0, 0.05) is 18.3 Å². The van der Waals surface area contributed by atoms with Crippen LogP contribution in [0, 0.1) is 5.82 Å². The molecule has 2 aromatic carbocycles. The van der Waals surface area contributed by atoms with E-state index in [4.69, 9.17) is 23.8 Å². The molecule has 0 spiro atoms. The van der Waals surface area contributed by atoms with Gasteiger partial charge in [0.1, 0.15) is 10.1 Å². The number of carbonyl (C=O) groups excluding carboxylic acids is 2. The zero-order chi connectivity index (χ0) is 18.8. The third-order valence-electron chi connectivity index (χ3n) is 3.63. The number of nitrogens with zero attached hydrogens (tertiary/aromatic N) is 1. The van der Waals surface area contributed by atoms with E-state index >= 15 is 0 Å². The number of nitrogens with one attached hydrogen (secondary N) is 1. The smallest absolute Gasteiger partial charge is 0.265 e. The third kappa shape index (κ3) is 3.95. The van der Waals surface area contributed by atoms with Crippen LogP contribution in [0.3, 0.4) is 0 Å². The summed E-state index contributed by atoms with van der Waals surface area (Å²) in [6.07, 6.45) is 1.73. The number of thiocarbonyl (C=S) groups is 1. The summed E-state index contributed by atoms with van der Waals surface area (Å²) in [6, 6.07) is 10.7. The van der Waals surface area contributed by atoms with Crippen molar-refractivity contribution in [3.8, 4) is 0 Å². The van der Waals surface area contributed by atoms with Gasteiger partial charge in [-0.15, -0.1) is 0 Å². The van der Waals surface area contributed by atoms with E-state index in [1.54, 1.807) is 37.4 Å². The van der Waals surface area contributed by atoms with Crippen molar-refractivity contribution in [2.24, 2.45) is 0 Å². The number of halogens is 2. The lowest BCUT2D eigenvalue weighted by Gasteiger charge is -2.06. The summed E-state index contributed by atoms with van der Waals surface area (Å²) in [4.78, 5) is 26.2. The Morgan fingerprint density at radius 2 is 1.96 bits per heavy atom. The van der Waals surface area contributed by atoms with Crippen LogP contribution in [0.25, 0.3) is 6.08 Å². The molecule has 1 heterocycles. The summed E-state index contributed by atoms with van der Waals surface area (Å²) in [7, 11) is 1.63. The molecule has 4 nitrogen and oxygen atoms in total. The highest BCUT2D eigenvalue weighted by molar-refractivity contribution is 8.26. The Hall–Kier alpha value is -2.22. The van der Waals surface area contributed by atoms with Gasteiger partial charge < -0.3 is 5.32 Å². The van der Waals surface area contributed by atoms with Crippen LogP contribution in [-0.4, -0.2) is 28.1 Å². The molecule has 1 aliphatic heterocycles. The zero-order valence-electron chi connectivity index (χ0n) is 13.5. The molecule has 8 heteroatoms. The van der Waals surface area contributed by atoms with Crippen molar-refractivity contribution >= 4 is 63.5 Å². The Bertz CT molecular complexity index is 945. The van der Waals surface area contributed by atoms with Gasteiger partial charge in [-0.05, 0) is 42.0 Å². The number of carbonyl (C=O) groups is 2. The van der Waals surface area contributed by atoms with Gasteiger partial charge in [-0.25, -0.2) is 4.39 Å². The fraction of sp³-hybridized carbons (Fsp3) is 0.0556. The lowest BCUT2D eigenvalue weighted by Crippen LogP contribution is -2.22. The molecule has 26 heavy (non-hydrogen) atoms. The molecule has 0 radical (unpaired) electrons. The maximum absolute atomic E-state index is 13.2. The van der Waals surface area contributed by atoms with Crippen LogP contribution in [-0.2, 0) is 4.79 Å². The Morgan fingerprint density at radius 1 is 1.27 bits per heavy atom. The second kappa shape index (κ2) is 7.57. The molecule has 1 N–H and O–H groups in total. The van der Waals surface area contributed by atoms with Crippen molar-refractivity contribution < 1.29 is 14.0 Å². The highest BCUT2D eigenvalue weighted by Gasteiger charge is 2.28. The molecular weight excluding hydrogens is 395 g/mol. The van der Waals surface area contributed by atoms with Gasteiger partial charge in [0.05, 0.1) is 9.93 Å². The van der Waals surface area contributed by atoms with Crippen molar-refractivity contribution in [3.05, 3.63) is 69.3 Å². The summed E-state index contributed by atoms with van der Waals surface area (Å²) in [5, 5.41) is 2.59. The first-order chi connectivity index (χ1) is 12.3. The summed E-state index contributed by atoms with van der Waals surface area (Å²) in [5.74, 6) is -1.04. The predicted octanol–water partition coefficient (Wildman–Crippen LogP) is 4.56. The number of likely N-dealkylation sites (N-methyl/N-ethyl adjacent to an activating group) is 1. The highest BCUT2D eigenvalue weighted by Crippen LogP contribution is 2.31. The SMILES string of the molecule is CN1C(=O)/C(=C\c2ccc(C(=O)Nc3ccc(F)c(Cl)c3)cc2)SC1=S. The first-order valence-electron chi connectivity index (χ1n) is 7.43. The second-order valence-corrected chi connectivity index (χ2v) is 7.53. The van der Waals surface area contributed by atoms with Crippen molar-refractivity contribution in [1.82, 2.24) is 4.90 Å². The number of thioether (sulfide) groups is 1. The first-order valence-corrected chi connectivity index (χ1v) is 9.03. The number of rotatable bonds is 3. The molecule has 0 aromatic heterocycles. The van der Waals surface area contributed by atoms with Crippen LogP contribution in [0.4, 0.5) is 10.1 Å².